The average molecular weight is 857 g/mol. The fourth-order valence-electron chi connectivity index (χ4n) is 8.94. The van der Waals surface area contributed by atoms with Crippen molar-refractivity contribution in [2.75, 3.05) is 6.61 Å². The van der Waals surface area contributed by atoms with E-state index in [-0.39, 0.29) is 18.8 Å². The summed E-state index contributed by atoms with van der Waals surface area (Å²) in [6, 6.07) is 0. The van der Waals surface area contributed by atoms with E-state index in [1.165, 1.54) is 186 Å². The molecule has 1 fully saturated rings. The summed E-state index contributed by atoms with van der Waals surface area (Å²) in [5.41, 5.74) is 0. The fraction of sp³-hybridized carbons (Fsp3) is 0.980. The van der Waals surface area contributed by atoms with Gasteiger partial charge in [0, 0.05) is 6.42 Å². The molecule has 0 unspecified atom stereocenters. The molecular formula is C51H100O9. The van der Waals surface area contributed by atoms with E-state index in [0.29, 0.717) is 12.8 Å². The smallest absolute Gasteiger partial charge is 0.306 e. The number of esters is 1. The third-order valence-electron chi connectivity index (χ3n) is 13.1. The number of aliphatic hydroxyl groups excluding tert-OH is 6. The van der Waals surface area contributed by atoms with E-state index in [1.807, 2.05) is 0 Å². The topological polar surface area (TPSA) is 157 Å². The molecule has 358 valence electrons. The second-order valence-electron chi connectivity index (χ2n) is 18.7. The van der Waals surface area contributed by atoms with Crippen LogP contribution in [0.25, 0.3) is 0 Å². The first-order valence-electron chi connectivity index (χ1n) is 26.1. The highest BCUT2D eigenvalue weighted by Gasteiger charge is 2.43. The molecule has 9 heteroatoms. The van der Waals surface area contributed by atoms with Crippen LogP contribution in [0, 0.1) is 0 Å². The Kier molecular flexibility index (Phi) is 39.0. The van der Waals surface area contributed by atoms with Gasteiger partial charge in [-0.25, -0.2) is 0 Å². The molecule has 0 saturated carbocycles. The van der Waals surface area contributed by atoms with Gasteiger partial charge in [0.15, 0.2) is 0 Å². The van der Waals surface area contributed by atoms with E-state index < -0.39 is 55.4 Å². The average Bonchev–Trinajstić information content (AvgIpc) is 3.25. The molecule has 1 aliphatic rings. The fourth-order valence-corrected chi connectivity index (χ4v) is 8.94. The number of hydrogen-bond donors (Lipinski definition) is 6. The summed E-state index contributed by atoms with van der Waals surface area (Å²) < 4.78 is 11.4. The number of hydrogen-bond acceptors (Lipinski definition) is 9. The Balaban J connectivity index is 2.26. The van der Waals surface area contributed by atoms with Gasteiger partial charge in [-0.1, -0.05) is 226 Å². The van der Waals surface area contributed by atoms with Crippen LogP contribution in [0.15, 0.2) is 0 Å². The van der Waals surface area contributed by atoms with Crippen LogP contribution in [0.4, 0.5) is 0 Å². The van der Waals surface area contributed by atoms with Gasteiger partial charge in [0.25, 0.3) is 0 Å². The molecule has 1 rings (SSSR count). The third kappa shape index (κ3) is 30.3. The van der Waals surface area contributed by atoms with E-state index in [1.54, 1.807) is 0 Å². The molecule has 60 heavy (non-hydrogen) atoms. The van der Waals surface area contributed by atoms with Crippen LogP contribution >= 0.6 is 0 Å². The third-order valence-corrected chi connectivity index (χ3v) is 13.1. The van der Waals surface area contributed by atoms with Gasteiger partial charge in [-0.15, -0.1) is 0 Å². The number of carbonyl (C=O) groups excluding carboxylic acids is 1. The van der Waals surface area contributed by atoms with Crippen molar-refractivity contribution in [2.24, 2.45) is 0 Å². The van der Waals surface area contributed by atoms with Crippen molar-refractivity contribution in [3.05, 3.63) is 0 Å². The molecule has 0 radical (unpaired) electrons. The first-order chi connectivity index (χ1) is 29.3. The molecule has 9 nitrogen and oxygen atoms in total. The van der Waals surface area contributed by atoms with Crippen molar-refractivity contribution in [2.45, 2.75) is 313 Å². The van der Waals surface area contributed by atoms with Gasteiger partial charge >= 0.3 is 5.97 Å². The van der Waals surface area contributed by atoms with Crippen LogP contribution in [0.3, 0.4) is 0 Å². The molecule has 6 N–H and O–H groups in total. The van der Waals surface area contributed by atoms with Crippen LogP contribution in [0.5, 0.6) is 0 Å². The number of rotatable bonds is 44. The lowest BCUT2D eigenvalue weighted by atomic mass is 9.90. The predicted octanol–water partition coefficient (Wildman–Crippen LogP) is 11.7. The van der Waals surface area contributed by atoms with E-state index in [9.17, 15) is 35.4 Å². The second-order valence-corrected chi connectivity index (χ2v) is 18.7. The molecule has 1 saturated heterocycles. The zero-order valence-corrected chi connectivity index (χ0v) is 39.3. The minimum Gasteiger partial charge on any atom is -0.459 e. The Morgan fingerprint density at radius 1 is 0.467 bits per heavy atom. The quantitative estimate of drug-likeness (QED) is 0.0259. The summed E-state index contributed by atoms with van der Waals surface area (Å²) in [4.78, 5) is 13.0. The van der Waals surface area contributed by atoms with Crippen molar-refractivity contribution in [1.29, 1.82) is 0 Å². The molecule has 0 aliphatic carbocycles. The Labute approximate surface area is 369 Å². The summed E-state index contributed by atoms with van der Waals surface area (Å²) in [7, 11) is 0. The van der Waals surface area contributed by atoms with E-state index >= 15 is 0 Å². The van der Waals surface area contributed by atoms with Crippen molar-refractivity contribution in [3.63, 3.8) is 0 Å². The molecule has 1 heterocycles. The molecule has 0 spiro atoms. The molecule has 8 atom stereocenters. The lowest BCUT2D eigenvalue weighted by Crippen LogP contribution is -2.58. The maximum atomic E-state index is 13.0. The highest BCUT2D eigenvalue weighted by molar-refractivity contribution is 5.69. The van der Waals surface area contributed by atoms with Crippen molar-refractivity contribution < 1.29 is 44.9 Å². The normalized spacial score (nSPS) is 21.0. The minimum absolute atomic E-state index is 0.0236. The Morgan fingerprint density at radius 2 is 0.800 bits per heavy atom. The van der Waals surface area contributed by atoms with Gasteiger partial charge in [0.05, 0.1) is 18.8 Å². The Hall–Kier alpha value is -0.810. The summed E-state index contributed by atoms with van der Waals surface area (Å²) in [6.45, 7) is 4.00. The summed E-state index contributed by atoms with van der Waals surface area (Å²) in [5, 5.41) is 62.3. The van der Waals surface area contributed by atoms with Crippen LogP contribution < -0.4 is 0 Å². The van der Waals surface area contributed by atoms with Crippen LogP contribution in [-0.4, -0.2) is 92.0 Å². The van der Waals surface area contributed by atoms with E-state index in [2.05, 4.69) is 13.8 Å². The lowest BCUT2D eigenvalue weighted by Gasteiger charge is -2.40. The van der Waals surface area contributed by atoms with Gasteiger partial charge < -0.3 is 40.1 Å². The molecule has 0 aromatic carbocycles. The van der Waals surface area contributed by atoms with Gasteiger partial charge in [0.2, 0.25) is 0 Å². The first kappa shape index (κ1) is 57.2. The Morgan fingerprint density at radius 3 is 1.17 bits per heavy atom. The van der Waals surface area contributed by atoms with Crippen molar-refractivity contribution in [1.82, 2.24) is 0 Å². The lowest BCUT2D eigenvalue weighted by molar-refractivity contribution is -0.232. The molecule has 0 aromatic rings. The van der Waals surface area contributed by atoms with Gasteiger partial charge in [0.1, 0.15) is 36.6 Å². The zero-order valence-electron chi connectivity index (χ0n) is 39.3. The molecule has 1 aliphatic heterocycles. The van der Waals surface area contributed by atoms with Crippen molar-refractivity contribution >= 4 is 5.97 Å². The van der Waals surface area contributed by atoms with Gasteiger partial charge in [-0.2, -0.15) is 0 Å². The molecule has 0 bridgehead atoms. The standard InChI is InChI=1S/C51H100O9/c1-3-5-7-9-11-13-15-17-18-19-20-21-22-23-24-25-26-27-29-31-33-35-37-39-47(54)60-44(38-36-34-32-30-28-16-14-12-10-8-6-4-2)48(55)43(53)40-41-45-49(56)51(58)50(57)46(42-52)59-45/h43-46,48-53,55-58H,3-42H2,1-2H3/t43-,44+,45+,46+,48-,49-,50-,51+/m0/s1. The number of unbranched alkanes of at least 4 members (excludes halogenated alkanes) is 33. The number of carbonyl (C=O) groups is 1. The zero-order chi connectivity index (χ0) is 43.9. The largest absolute Gasteiger partial charge is 0.459 e. The maximum Gasteiger partial charge on any atom is 0.306 e. The molecule has 0 aromatic heterocycles. The van der Waals surface area contributed by atoms with Crippen LogP contribution in [0.1, 0.15) is 264 Å². The maximum absolute atomic E-state index is 13.0. The highest BCUT2D eigenvalue weighted by Crippen LogP contribution is 2.26. The van der Waals surface area contributed by atoms with E-state index in [4.69, 9.17) is 9.47 Å². The summed E-state index contributed by atoms with van der Waals surface area (Å²) >= 11 is 0. The van der Waals surface area contributed by atoms with Gasteiger partial charge in [-0.3, -0.25) is 4.79 Å². The predicted molar refractivity (Wildman–Crippen MR) is 247 cm³/mol. The SMILES string of the molecule is CCCCCCCCCCCCCCCCCCCCCCCCCC(=O)O[C@H](CCCCCCCCCCCCCC)[C@@H](O)[C@@H](O)CC[C@H]1O[C@H](CO)[C@H](O)[C@H](O)[C@H]1O. The summed E-state index contributed by atoms with van der Waals surface area (Å²) in [5.74, 6) is -0.345. The molecular weight excluding hydrogens is 757 g/mol. The van der Waals surface area contributed by atoms with Crippen LogP contribution in [-0.2, 0) is 14.3 Å². The van der Waals surface area contributed by atoms with Crippen LogP contribution in [0.2, 0.25) is 0 Å². The monoisotopic (exact) mass is 857 g/mol. The van der Waals surface area contributed by atoms with Crippen molar-refractivity contribution in [3.8, 4) is 0 Å². The number of ether oxygens (including phenoxy) is 2. The highest BCUT2D eigenvalue weighted by atomic mass is 16.6. The first-order valence-corrected chi connectivity index (χ1v) is 26.1. The Bertz CT molecular complexity index is 919. The van der Waals surface area contributed by atoms with E-state index in [0.717, 1.165) is 38.5 Å². The number of aliphatic hydroxyl groups is 6. The second kappa shape index (κ2) is 40.9. The van der Waals surface area contributed by atoms with Gasteiger partial charge in [-0.05, 0) is 32.1 Å². The molecule has 0 amide bonds. The summed E-state index contributed by atoms with van der Waals surface area (Å²) in [6.07, 6.45) is 36.0. The minimum atomic E-state index is -1.49.